The number of aliphatic carboxylic acids is 1. The molecule has 0 aromatic heterocycles. The zero-order chi connectivity index (χ0) is 7.72. The number of carbonyl (C=O) groups excluding carboxylic acids is 2. The highest BCUT2D eigenvalue weighted by Crippen LogP contribution is 2.21. The first kappa shape index (κ1) is 7.27. The lowest BCUT2D eigenvalue weighted by Gasteiger charge is -1.94. The van der Waals surface area contributed by atoms with Crippen LogP contribution in [0.1, 0.15) is 0 Å². The molecule has 4 nitrogen and oxygen atoms in total. The molecule has 1 unspecified atom stereocenters. The molecule has 10 heavy (non-hydrogen) atoms. The van der Waals surface area contributed by atoms with E-state index >= 15 is 0 Å². The molecule has 1 fully saturated rings. The lowest BCUT2D eigenvalue weighted by Crippen LogP contribution is -2.23. The lowest BCUT2D eigenvalue weighted by atomic mass is 10.1. The first-order valence-electron chi connectivity index (χ1n) is 2.56. The Kier molecular flexibility index (Phi) is 1.76. The van der Waals surface area contributed by atoms with Crippen molar-refractivity contribution >= 4 is 28.6 Å². The quantitative estimate of drug-likeness (QED) is 0.414. The third kappa shape index (κ3) is 1.04. The summed E-state index contributed by atoms with van der Waals surface area (Å²) in [5.41, 5.74) is 0. The van der Waals surface area contributed by atoms with Crippen LogP contribution in [-0.4, -0.2) is 27.7 Å². The molecule has 1 rings (SSSR count). The molecular formula is C5H4O4S. The Morgan fingerprint density at radius 2 is 2.20 bits per heavy atom. The van der Waals surface area contributed by atoms with Crippen LogP contribution >= 0.6 is 11.8 Å². The Hall–Kier alpha value is -0.840. The zero-order valence-corrected chi connectivity index (χ0v) is 5.68. The van der Waals surface area contributed by atoms with Gasteiger partial charge < -0.3 is 5.11 Å². The maximum Gasteiger partial charge on any atom is 0.315 e. The summed E-state index contributed by atoms with van der Waals surface area (Å²) >= 11 is 0.772. The Labute approximate surface area is 60.6 Å². The standard InChI is InChI=1S/C5H4O4S/c6-3-2(4(7)8)1-10-5(3)9/h2H,1H2,(H,7,8). The van der Waals surface area contributed by atoms with E-state index in [4.69, 9.17) is 5.11 Å². The van der Waals surface area contributed by atoms with Crippen molar-refractivity contribution in [1.82, 2.24) is 0 Å². The minimum Gasteiger partial charge on any atom is -0.481 e. The van der Waals surface area contributed by atoms with E-state index in [0.717, 1.165) is 11.8 Å². The van der Waals surface area contributed by atoms with Gasteiger partial charge in [0.2, 0.25) is 5.78 Å². The molecule has 0 radical (unpaired) electrons. The molecule has 1 saturated heterocycles. The van der Waals surface area contributed by atoms with E-state index in [2.05, 4.69) is 0 Å². The van der Waals surface area contributed by atoms with E-state index in [1.165, 1.54) is 0 Å². The maximum atomic E-state index is 10.6. The highest BCUT2D eigenvalue weighted by molar-refractivity contribution is 8.16. The predicted octanol–water partition coefficient (Wildman–Crippen LogP) is -0.470. The van der Waals surface area contributed by atoms with Gasteiger partial charge in [-0.25, -0.2) is 0 Å². The molecule has 1 heterocycles. The lowest BCUT2D eigenvalue weighted by molar-refractivity contribution is -0.146. The smallest absolute Gasteiger partial charge is 0.315 e. The van der Waals surface area contributed by atoms with Crippen molar-refractivity contribution in [3.63, 3.8) is 0 Å². The zero-order valence-electron chi connectivity index (χ0n) is 4.86. The second-order valence-electron chi connectivity index (χ2n) is 1.85. The Morgan fingerprint density at radius 1 is 1.60 bits per heavy atom. The van der Waals surface area contributed by atoms with Crippen LogP contribution in [0.5, 0.6) is 0 Å². The van der Waals surface area contributed by atoms with Crippen LogP contribution in [0.15, 0.2) is 0 Å². The van der Waals surface area contributed by atoms with Crippen LogP contribution in [0.4, 0.5) is 0 Å². The number of thioether (sulfide) groups is 1. The van der Waals surface area contributed by atoms with Gasteiger partial charge in [0.25, 0.3) is 5.12 Å². The highest BCUT2D eigenvalue weighted by Gasteiger charge is 2.38. The van der Waals surface area contributed by atoms with E-state index in [9.17, 15) is 14.4 Å². The van der Waals surface area contributed by atoms with Crippen molar-refractivity contribution in [1.29, 1.82) is 0 Å². The summed E-state index contributed by atoms with van der Waals surface area (Å²) in [5, 5.41) is 7.68. The van der Waals surface area contributed by atoms with Crippen LogP contribution in [0.3, 0.4) is 0 Å². The second-order valence-corrected chi connectivity index (χ2v) is 2.85. The number of carbonyl (C=O) groups is 3. The molecule has 0 bridgehead atoms. The fraction of sp³-hybridized carbons (Fsp3) is 0.400. The molecule has 1 atom stereocenters. The Morgan fingerprint density at radius 3 is 2.40 bits per heavy atom. The molecule has 0 saturated carbocycles. The van der Waals surface area contributed by atoms with Gasteiger partial charge in [-0.2, -0.15) is 0 Å². The Bertz CT molecular complexity index is 210. The summed E-state index contributed by atoms with van der Waals surface area (Å²) in [6, 6.07) is 0. The number of hydrogen-bond acceptors (Lipinski definition) is 4. The van der Waals surface area contributed by atoms with Crippen molar-refractivity contribution in [3.05, 3.63) is 0 Å². The third-order valence-electron chi connectivity index (χ3n) is 1.20. The number of hydrogen-bond donors (Lipinski definition) is 1. The minimum atomic E-state index is -1.21. The van der Waals surface area contributed by atoms with Gasteiger partial charge in [0, 0.05) is 5.75 Å². The van der Waals surface area contributed by atoms with Gasteiger partial charge in [0.15, 0.2) is 0 Å². The molecule has 1 N–H and O–H groups in total. The third-order valence-corrected chi connectivity index (χ3v) is 2.16. The molecule has 0 spiro atoms. The molecule has 0 amide bonds. The molecule has 0 aliphatic carbocycles. The average Bonchev–Trinajstić information content (AvgIpc) is 2.14. The molecule has 5 heteroatoms. The number of rotatable bonds is 1. The topological polar surface area (TPSA) is 71.4 Å². The van der Waals surface area contributed by atoms with Gasteiger partial charge in [0.1, 0.15) is 5.92 Å². The number of carboxylic acid groups (broad SMARTS) is 1. The van der Waals surface area contributed by atoms with Crippen LogP contribution < -0.4 is 0 Å². The average molecular weight is 160 g/mol. The summed E-state index contributed by atoms with van der Waals surface area (Å²) in [6.45, 7) is 0. The SMILES string of the molecule is O=C1SCC(C(=O)O)C1=O. The summed E-state index contributed by atoms with van der Waals surface area (Å²) in [5.74, 6) is -2.99. The molecule has 1 aliphatic heterocycles. The van der Waals surface area contributed by atoms with E-state index in [-0.39, 0.29) is 5.75 Å². The minimum absolute atomic E-state index is 0.0903. The van der Waals surface area contributed by atoms with Crippen molar-refractivity contribution < 1.29 is 19.5 Å². The highest BCUT2D eigenvalue weighted by atomic mass is 32.2. The molecule has 0 aromatic carbocycles. The van der Waals surface area contributed by atoms with Gasteiger partial charge in [-0.05, 0) is 0 Å². The second kappa shape index (κ2) is 2.42. The van der Waals surface area contributed by atoms with Crippen LogP contribution in [0.25, 0.3) is 0 Å². The van der Waals surface area contributed by atoms with Gasteiger partial charge in [-0.3, -0.25) is 14.4 Å². The van der Waals surface area contributed by atoms with Crippen LogP contribution in [-0.2, 0) is 14.4 Å². The van der Waals surface area contributed by atoms with Crippen molar-refractivity contribution in [2.24, 2.45) is 5.92 Å². The summed E-state index contributed by atoms with van der Waals surface area (Å²) < 4.78 is 0. The normalized spacial score (nSPS) is 25.4. The largest absolute Gasteiger partial charge is 0.481 e. The summed E-state index contributed by atoms with van der Waals surface area (Å²) in [4.78, 5) is 31.2. The van der Waals surface area contributed by atoms with Crippen molar-refractivity contribution in [2.75, 3.05) is 5.75 Å². The number of carboxylic acids is 1. The fourth-order valence-corrected chi connectivity index (χ4v) is 1.53. The summed E-state index contributed by atoms with van der Waals surface area (Å²) in [6.07, 6.45) is 0. The maximum absolute atomic E-state index is 10.6. The monoisotopic (exact) mass is 160 g/mol. The molecule has 1 aliphatic rings. The van der Waals surface area contributed by atoms with Crippen LogP contribution in [0, 0.1) is 5.92 Å². The van der Waals surface area contributed by atoms with Crippen molar-refractivity contribution in [2.45, 2.75) is 0 Å². The first-order valence-corrected chi connectivity index (χ1v) is 3.55. The van der Waals surface area contributed by atoms with E-state index < -0.39 is 22.8 Å². The number of ketones is 1. The van der Waals surface area contributed by atoms with Crippen LogP contribution in [0.2, 0.25) is 0 Å². The van der Waals surface area contributed by atoms with Gasteiger partial charge >= 0.3 is 5.97 Å². The van der Waals surface area contributed by atoms with Gasteiger partial charge in [0.05, 0.1) is 0 Å². The van der Waals surface area contributed by atoms with Gasteiger partial charge in [-0.1, -0.05) is 11.8 Å². The van der Waals surface area contributed by atoms with E-state index in [1.807, 2.05) is 0 Å². The predicted molar refractivity (Wildman–Crippen MR) is 33.6 cm³/mol. The van der Waals surface area contributed by atoms with Crippen molar-refractivity contribution in [3.8, 4) is 0 Å². The molecule has 54 valence electrons. The fourth-order valence-electron chi connectivity index (χ4n) is 0.632. The molecular weight excluding hydrogens is 156 g/mol. The summed E-state index contributed by atoms with van der Waals surface area (Å²) in [7, 11) is 0. The number of Topliss-reactive ketones (excluding diaryl/α,β-unsaturated/α-hetero) is 1. The Balaban J connectivity index is 2.76. The van der Waals surface area contributed by atoms with E-state index in [1.54, 1.807) is 0 Å². The van der Waals surface area contributed by atoms with E-state index in [0.29, 0.717) is 0 Å². The molecule has 0 aromatic rings. The first-order chi connectivity index (χ1) is 4.63. The van der Waals surface area contributed by atoms with Gasteiger partial charge in [-0.15, -0.1) is 0 Å².